The Balaban J connectivity index is 1.97. The van der Waals surface area contributed by atoms with Crippen LogP contribution in [0.3, 0.4) is 0 Å². The number of aromatic carboxylic acids is 1. The maximum Gasteiger partial charge on any atom is 0.365 e. The van der Waals surface area contributed by atoms with Gasteiger partial charge in [-0.25, -0.2) is 9.78 Å². The molecule has 0 aliphatic carbocycles. The highest BCUT2D eigenvalue weighted by Crippen LogP contribution is 2.19. The molecular weight excluding hydrogens is 262 g/mol. The van der Waals surface area contributed by atoms with E-state index >= 15 is 0 Å². The quantitative estimate of drug-likeness (QED) is 0.927. The van der Waals surface area contributed by atoms with Crippen molar-refractivity contribution in [3.63, 3.8) is 0 Å². The fourth-order valence-corrected chi connectivity index (χ4v) is 1.95. The van der Waals surface area contributed by atoms with E-state index in [9.17, 15) is 4.79 Å². The van der Waals surface area contributed by atoms with Crippen LogP contribution >= 0.6 is 22.9 Å². The minimum Gasteiger partial charge on any atom is -0.488 e. The Morgan fingerprint density at radius 1 is 1.41 bits per heavy atom. The second kappa shape index (κ2) is 5.16. The molecule has 17 heavy (non-hydrogen) atoms. The maximum absolute atomic E-state index is 10.6. The molecule has 6 heteroatoms. The molecule has 0 aliphatic rings. The van der Waals surface area contributed by atoms with Crippen molar-refractivity contribution in [3.05, 3.63) is 45.4 Å². The van der Waals surface area contributed by atoms with Crippen molar-refractivity contribution in [2.45, 2.75) is 6.61 Å². The third-order valence-corrected chi connectivity index (χ3v) is 3.14. The van der Waals surface area contributed by atoms with E-state index in [0.29, 0.717) is 17.4 Å². The molecule has 0 aliphatic heterocycles. The number of benzene rings is 1. The topological polar surface area (TPSA) is 59.4 Å². The van der Waals surface area contributed by atoms with Crippen LogP contribution in [0.4, 0.5) is 0 Å². The first-order chi connectivity index (χ1) is 8.15. The van der Waals surface area contributed by atoms with Crippen LogP contribution in [0.2, 0.25) is 5.02 Å². The molecule has 88 valence electrons. The summed E-state index contributed by atoms with van der Waals surface area (Å²) in [6, 6.07) is 6.96. The van der Waals surface area contributed by atoms with Crippen molar-refractivity contribution in [2.24, 2.45) is 0 Å². The molecule has 0 saturated heterocycles. The van der Waals surface area contributed by atoms with Crippen molar-refractivity contribution >= 4 is 28.9 Å². The smallest absolute Gasteiger partial charge is 0.365 e. The zero-order valence-electron chi connectivity index (χ0n) is 8.59. The van der Waals surface area contributed by atoms with Crippen LogP contribution in [-0.2, 0) is 6.61 Å². The SMILES string of the molecule is O=C(O)c1ncc(COc2ccc(Cl)cc2)s1. The van der Waals surface area contributed by atoms with Gasteiger partial charge in [-0.05, 0) is 24.3 Å². The van der Waals surface area contributed by atoms with E-state index in [1.165, 1.54) is 6.20 Å². The largest absolute Gasteiger partial charge is 0.488 e. The van der Waals surface area contributed by atoms with Gasteiger partial charge in [0.15, 0.2) is 0 Å². The molecule has 1 N–H and O–H groups in total. The number of halogens is 1. The van der Waals surface area contributed by atoms with Gasteiger partial charge in [-0.2, -0.15) is 0 Å². The van der Waals surface area contributed by atoms with E-state index in [1.807, 2.05) is 0 Å². The van der Waals surface area contributed by atoms with E-state index in [-0.39, 0.29) is 5.01 Å². The minimum absolute atomic E-state index is 0.0692. The van der Waals surface area contributed by atoms with Gasteiger partial charge in [-0.1, -0.05) is 11.6 Å². The Labute approximate surface area is 106 Å². The molecule has 4 nitrogen and oxygen atoms in total. The van der Waals surface area contributed by atoms with Crippen molar-refractivity contribution in [1.29, 1.82) is 0 Å². The summed E-state index contributed by atoms with van der Waals surface area (Å²) >= 11 is 6.84. The van der Waals surface area contributed by atoms with Crippen LogP contribution in [0, 0.1) is 0 Å². The van der Waals surface area contributed by atoms with Gasteiger partial charge in [0.1, 0.15) is 12.4 Å². The fourth-order valence-electron chi connectivity index (χ4n) is 1.16. The Morgan fingerprint density at radius 3 is 2.71 bits per heavy atom. The number of ether oxygens (including phenoxy) is 1. The summed E-state index contributed by atoms with van der Waals surface area (Å²) in [5.41, 5.74) is 0. The van der Waals surface area contributed by atoms with Crippen LogP contribution in [0.25, 0.3) is 0 Å². The normalized spacial score (nSPS) is 10.2. The molecule has 0 radical (unpaired) electrons. The highest BCUT2D eigenvalue weighted by atomic mass is 35.5. The molecule has 2 rings (SSSR count). The predicted molar refractivity (Wildman–Crippen MR) is 64.9 cm³/mol. The Kier molecular flexibility index (Phi) is 3.61. The summed E-state index contributed by atoms with van der Waals surface area (Å²) in [4.78, 5) is 15.1. The van der Waals surface area contributed by atoms with E-state index in [2.05, 4.69) is 4.98 Å². The molecule has 0 fully saturated rings. The highest BCUT2D eigenvalue weighted by Gasteiger charge is 2.09. The molecule has 0 atom stereocenters. The lowest BCUT2D eigenvalue weighted by molar-refractivity contribution is 0.0696. The van der Waals surface area contributed by atoms with Crippen LogP contribution in [0.1, 0.15) is 14.7 Å². The standard InChI is InChI=1S/C11H8ClNO3S/c12-7-1-3-8(4-2-7)16-6-9-5-13-10(17-9)11(14)15/h1-5H,6H2,(H,14,15). The van der Waals surface area contributed by atoms with Crippen molar-refractivity contribution in [2.75, 3.05) is 0 Å². The molecule has 0 saturated carbocycles. The molecule has 1 aromatic heterocycles. The van der Waals surface area contributed by atoms with Crippen LogP contribution < -0.4 is 4.74 Å². The first kappa shape index (κ1) is 11.9. The average molecular weight is 270 g/mol. The number of hydrogen-bond donors (Lipinski definition) is 1. The summed E-state index contributed by atoms with van der Waals surface area (Å²) in [5, 5.41) is 9.42. The van der Waals surface area contributed by atoms with Crippen LogP contribution in [0.15, 0.2) is 30.5 Å². The number of carboxylic acids is 1. The zero-order chi connectivity index (χ0) is 12.3. The number of thiazole rings is 1. The lowest BCUT2D eigenvalue weighted by Gasteiger charge is -2.03. The molecule has 1 heterocycles. The van der Waals surface area contributed by atoms with Gasteiger partial charge >= 0.3 is 5.97 Å². The van der Waals surface area contributed by atoms with E-state index in [0.717, 1.165) is 16.2 Å². The first-order valence-electron chi connectivity index (χ1n) is 4.71. The van der Waals surface area contributed by atoms with E-state index in [4.69, 9.17) is 21.4 Å². The van der Waals surface area contributed by atoms with Crippen molar-refractivity contribution in [3.8, 4) is 5.75 Å². The molecule has 0 unspecified atom stereocenters. The maximum atomic E-state index is 10.6. The van der Waals surface area contributed by atoms with Gasteiger partial charge in [0.05, 0.1) is 4.88 Å². The van der Waals surface area contributed by atoms with Gasteiger partial charge in [0.2, 0.25) is 5.01 Å². The second-order valence-corrected chi connectivity index (χ2v) is 4.73. The third kappa shape index (κ3) is 3.18. The third-order valence-electron chi connectivity index (χ3n) is 1.93. The van der Waals surface area contributed by atoms with E-state index in [1.54, 1.807) is 24.3 Å². The monoisotopic (exact) mass is 269 g/mol. The van der Waals surface area contributed by atoms with Gasteiger partial charge < -0.3 is 9.84 Å². The molecule has 0 amide bonds. The molecule has 2 aromatic rings. The van der Waals surface area contributed by atoms with Gasteiger partial charge in [-0.3, -0.25) is 0 Å². The van der Waals surface area contributed by atoms with Crippen molar-refractivity contribution < 1.29 is 14.6 Å². The van der Waals surface area contributed by atoms with Gasteiger partial charge in [0, 0.05) is 11.2 Å². The predicted octanol–water partition coefficient (Wildman–Crippen LogP) is 3.07. The van der Waals surface area contributed by atoms with Crippen LogP contribution in [0.5, 0.6) is 5.75 Å². The first-order valence-corrected chi connectivity index (χ1v) is 5.91. The number of carboxylic acid groups (broad SMARTS) is 1. The zero-order valence-corrected chi connectivity index (χ0v) is 10.2. The average Bonchev–Trinajstić information content (AvgIpc) is 2.77. The van der Waals surface area contributed by atoms with Gasteiger partial charge in [0.25, 0.3) is 0 Å². The number of carbonyl (C=O) groups is 1. The second-order valence-electron chi connectivity index (χ2n) is 3.18. The Morgan fingerprint density at radius 2 is 2.12 bits per heavy atom. The summed E-state index contributed by atoms with van der Waals surface area (Å²) in [5.74, 6) is -0.340. The minimum atomic E-state index is -1.02. The fraction of sp³-hybridized carbons (Fsp3) is 0.0909. The lowest BCUT2D eigenvalue weighted by Crippen LogP contribution is -1.93. The summed E-state index contributed by atoms with van der Waals surface area (Å²) in [6.45, 7) is 0.298. The van der Waals surface area contributed by atoms with Gasteiger partial charge in [-0.15, -0.1) is 11.3 Å². The van der Waals surface area contributed by atoms with E-state index < -0.39 is 5.97 Å². The van der Waals surface area contributed by atoms with Crippen LogP contribution in [-0.4, -0.2) is 16.1 Å². The lowest BCUT2D eigenvalue weighted by atomic mass is 10.3. The number of hydrogen-bond acceptors (Lipinski definition) is 4. The number of rotatable bonds is 4. The molecule has 0 bridgehead atoms. The highest BCUT2D eigenvalue weighted by molar-refractivity contribution is 7.13. The molecular formula is C11H8ClNO3S. The summed E-state index contributed by atoms with van der Waals surface area (Å²) in [6.07, 6.45) is 1.50. The summed E-state index contributed by atoms with van der Waals surface area (Å²) in [7, 11) is 0. The summed E-state index contributed by atoms with van der Waals surface area (Å²) < 4.78 is 5.46. The number of aromatic nitrogens is 1. The molecule has 0 spiro atoms. The molecule has 1 aromatic carbocycles. The number of nitrogens with zero attached hydrogens (tertiary/aromatic N) is 1. The van der Waals surface area contributed by atoms with Crippen molar-refractivity contribution in [1.82, 2.24) is 4.98 Å². The Hall–Kier alpha value is -1.59. The Bertz CT molecular complexity index is 524.